The molecular weight excluding hydrogens is 159 g/mol. The molecule has 3 nitrogen and oxygen atoms in total. The van der Waals surface area contributed by atoms with Crippen molar-refractivity contribution in [2.45, 2.75) is 20.3 Å². The van der Waals surface area contributed by atoms with Gasteiger partial charge in [0.1, 0.15) is 0 Å². The Hall–Kier alpha value is -1.19. The molecule has 0 aliphatic heterocycles. The number of hydrogen-bond donors (Lipinski definition) is 0. The van der Waals surface area contributed by atoms with Crippen molar-refractivity contribution < 1.29 is 9.13 Å². The minimum absolute atomic E-state index is 0.246. The normalized spacial score (nSPS) is 9.92. The van der Waals surface area contributed by atoms with Crippen LogP contribution >= 0.6 is 0 Å². The van der Waals surface area contributed by atoms with Gasteiger partial charge in [-0.25, -0.2) is 9.37 Å². The van der Waals surface area contributed by atoms with E-state index >= 15 is 0 Å². The van der Waals surface area contributed by atoms with Gasteiger partial charge in [0, 0.05) is 0 Å². The molecule has 12 heavy (non-hydrogen) atoms. The molecule has 0 N–H and O–H groups in total. The predicted molar refractivity (Wildman–Crippen MR) is 42.5 cm³/mol. The van der Waals surface area contributed by atoms with Gasteiger partial charge >= 0.3 is 6.01 Å². The second kappa shape index (κ2) is 3.99. The van der Waals surface area contributed by atoms with Crippen molar-refractivity contribution in [1.82, 2.24) is 9.97 Å². The average molecular weight is 170 g/mol. The fourth-order valence-corrected chi connectivity index (χ4v) is 0.831. The van der Waals surface area contributed by atoms with Gasteiger partial charge in [0.15, 0.2) is 5.82 Å². The second-order valence-corrected chi connectivity index (χ2v) is 2.23. The van der Waals surface area contributed by atoms with Crippen LogP contribution in [0.25, 0.3) is 0 Å². The van der Waals surface area contributed by atoms with Gasteiger partial charge < -0.3 is 4.74 Å². The molecule has 0 bridgehead atoms. The zero-order valence-corrected chi connectivity index (χ0v) is 7.17. The summed E-state index contributed by atoms with van der Waals surface area (Å²) in [7, 11) is 0. The van der Waals surface area contributed by atoms with E-state index in [2.05, 4.69) is 9.97 Å². The van der Waals surface area contributed by atoms with Gasteiger partial charge in [-0.05, 0) is 13.3 Å². The fraction of sp³-hybridized carbons (Fsp3) is 0.500. The van der Waals surface area contributed by atoms with E-state index in [-0.39, 0.29) is 11.8 Å². The summed E-state index contributed by atoms with van der Waals surface area (Å²) in [5.41, 5.74) is 0.397. The first kappa shape index (κ1) is 8.90. The fourth-order valence-electron chi connectivity index (χ4n) is 0.831. The van der Waals surface area contributed by atoms with E-state index in [4.69, 9.17) is 4.74 Å². The Morgan fingerprint density at radius 1 is 1.50 bits per heavy atom. The molecule has 0 amide bonds. The number of hydrogen-bond acceptors (Lipinski definition) is 3. The molecule has 0 radical (unpaired) electrons. The summed E-state index contributed by atoms with van der Waals surface area (Å²) in [5, 5.41) is 0. The summed E-state index contributed by atoms with van der Waals surface area (Å²) in [6.07, 6.45) is 1.69. The lowest BCUT2D eigenvalue weighted by molar-refractivity contribution is 0.309. The van der Waals surface area contributed by atoms with Crippen LogP contribution in [0.15, 0.2) is 6.20 Å². The Morgan fingerprint density at radius 3 is 2.83 bits per heavy atom. The van der Waals surface area contributed by atoms with Crippen LogP contribution in [0, 0.1) is 5.82 Å². The lowest BCUT2D eigenvalue weighted by atomic mass is 10.3. The van der Waals surface area contributed by atoms with Gasteiger partial charge in [-0.2, -0.15) is 4.98 Å². The SMILES string of the molecule is CCOc1ncc(F)c(CC)n1. The zero-order valence-electron chi connectivity index (χ0n) is 7.17. The Bertz CT molecular complexity index is 265. The van der Waals surface area contributed by atoms with Crippen molar-refractivity contribution in [3.05, 3.63) is 17.7 Å². The molecule has 1 aromatic rings. The molecule has 1 rings (SSSR count). The summed E-state index contributed by atoms with van der Waals surface area (Å²) >= 11 is 0. The van der Waals surface area contributed by atoms with Crippen molar-refractivity contribution >= 4 is 0 Å². The molecule has 4 heteroatoms. The average Bonchev–Trinajstić information content (AvgIpc) is 2.09. The van der Waals surface area contributed by atoms with Crippen molar-refractivity contribution in [2.24, 2.45) is 0 Å². The van der Waals surface area contributed by atoms with Crippen LogP contribution in [0.4, 0.5) is 4.39 Å². The second-order valence-electron chi connectivity index (χ2n) is 2.23. The number of aromatic nitrogens is 2. The maximum atomic E-state index is 12.8. The summed E-state index contributed by atoms with van der Waals surface area (Å²) in [5.74, 6) is -0.374. The van der Waals surface area contributed by atoms with E-state index in [0.717, 1.165) is 6.20 Å². The Kier molecular flexibility index (Phi) is 2.96. The minimum atomic E-state index is -0.374. The van der Waals surface area contributed by atoms with E-state index in [1.807, 2.05) is 13.8 Å². The van der Waals surface area contributed by atoms with Crippen LogP contribution in [0.1, 0.15) is 19.5 Å². The van der Waals surface area contributed by atoms with Crippen LogP contribution in [-0.2, 0) is 6.42 Å². The maximum Gasteiger partial charge on any atom is 0.316 e. The molecular formula is C8H11FN2O. The van der Waals surface area contributed by atoms with E-state index < -0.39 is 0 Å². The molecule has 0 aliphatic carbocycles. The van der Waals surface area contributed by atoms with Crippen LogP contribution in [0.2, 0.25) is 0 Å². The Balaban J connectivity index is 2.89. The molecule has 66 valence electrons. The predicted octanol–water partition coefficient (Wildman–Crippen LogP) is 1.58. The number of halogens is 1. The molecule has 0 saturated heterocycles. The lowest BCUT2D eigenvalue weighted by Crippen LogP contribution is -2.01. The molecule has 0 atom stereocenters. The van der Waals surface area contributed by atoms with Crippen molar-refractivity contribution in [2.75, 3.05) is 6.61 Å². The molecule has 0 aromatic carbocycles. The molecule has 1 heterocycles. The molecule has 0 spiro atoms. The topological polar surface area (TPSA) is 35.0 Å². The standard InChI is InChI=1S/C8H11FN2O/c1-3-7-6(9)5-10-8(11-7)12-4-2/h5H,3-4H2,1-2H3. The van der Waals surface area contributed by atoms with E-state index in [9.17, 15) is 4.39 Å². The van der Waals surface area contributed by atoms with Gasteiger partial charge in [-0.1, -0.05) is 6.92 Å². The van der Waals surface area contributed by atoms with Gasteiger partial charge in [-0.15, -0.1) is 0 Å². The van der Waals surface area contributed by atoms with Crippen molar-refractivity contribution in [3.8, 4) is 6.01 Å². The summed E-state index contributed by atoms with van der Waals surface area (Å²) in [6, 6.07) is 0.246. The highest BCUT2D eigenvalue weighted by Crippen LogP contribution is 2.07. The monoisotopic (exact) mass is 170 g/mol. The zero-order chi connectivity index (χ0) is 8.97. The van der Waals surface area contributed by atoms with E-state index in [1.165, 1.54) is 0 Å². The molecule has 1 aromatic heterocycles. The lowest BCUT2D eigenvalue weighted by Gasteiger charge is -2.02. The van der Waals surface area contributed by atoms with Crippen LogP contribution in [0.3, 0.4) is 0 Å². The first-order chi connectivity index (χ1) is 5.77. The highest BCUT2D eigenvalue weighted by Gasteiger charge is 2.04. The number of rotatable bonds is 3. The third kappa shape index (κ3) is 1.90. The first-order valence-corrected chi connectivity index (χ1v) is 3.92. The molecule has 0 fully saturated rings. The third-order valence-corrected chi connectivity index (χ3v) is 1.40. The molecule has 0 unspecified atom stereocenters. The largest absolute Gasteiger partial charge is 0.464 e. The van der Waals surface area contributed by atoms with Gasteiger partial charge in [-0.3, -0.25) is 0 Å². The van der Waals surface area contributed by atoms with Crippen LogP contribution < -0.4 is 4.74 Å². The van der Waals surface area contributed by atoms with Crippen LogP contribution in [0.5, 0.6) is 6.01 Å². The van der Waals surface area contributed by atoms with E-state index in [1.54, 1.807) is 0 Å². The highest BCUT2D eigenvalue weighted by molar-refractivity contribution is 5.07. The Labute approximate surface area is 70.6 Å². The van der Waals surface area contributed by atoms with E-state index in [0.29, 0.717) is 18.7 Å². The number of ether oxygens (including phenoxy) is 1. The van der Waals surface area contributed by atoms with Gasteiger partial charge in [0.05, 0.1) is 18.5 Å². The maximum absolute atomic E-state index is 12.8. The quantitative estimate of drug-likeness (QED) is 0.690. The highest BCUT2D eigenvalue weighted by atomic mass is 19.1. The summed E-state index contributed by atoms with van der Waals surface area (Å²) in [4.78, 5) is 7.54. The van der Waals surface area contributed by atoms with Gasteiger partial charge in [0.2, 0.25) is 0 Å². The smallest absolute Gasteiger partial charge is 0.316 e. The third-order valence-electron chi connectivity index (χ3n) is 1.40. The van der Waals surface area contributed by atoms with Crippen LogP contribution in [-0.4, -0.2) is 16.6 Å². The number of nitrogens with zero attached hydrogens (tertiary/aromatic N) is 2. The van der Waals surface area contributed by atoms with Crippen molar-refractivity contribution in [1.29, 1.82) is 0 Å². The summed E-state index contributed by atoms with van der Waals surface area (Å²) < 4.78 is 17.8. The minimum Gasteiger partial charge on any atom is -0.464 e. The molecule has 0 saturated carbocycles. The van der Waals surface area contributed by atoms with Gasteiger partial charge in [0.25, 0.3) is 0 Å². The first-order valence-electron chi connectivity index (χ1n) is 3.92. The Morgan fingerprint density at radius 2 is 2.25 bits per heavy atom. The summed E-state index contributed by atoms with van der Waals surface area (Å²) in [6.45, 7) is 4.16. The van der Waals surface area contributed by atoms with Crippen molar-refractivity contribution in [3.63, 3.8) is 0 Å². The molecule has 0 aliphatic rings. The number of aryl methyl sites for hydroxylation is 1.